The summed E-state index contributed by atoms with van der Waals surface area (Å²) in [4.78, 5) is 11.5. The molecule has 1 aromatic heterocycles. The Kier molecular flexibility index (Phi) is 6.86. The molecule has 0 aliphatic rings. The van der Waals surface area contributed by atoms with E-state index in [1.807, 2.05) is 17.5 Å². The minimum atomic E-state index is -0.432. The van der Waals surface area contributed by atoms with E-state index < -0.39 is 4.92 Å². The minimum absolute atomic E-state index is 0.0452. The van der Waals surface area contributed by atoms with Gasteiger partial charge in [-0.15, -0.1) is 11.3 Å². The van der Waals surface area contributed by atoms with Crippen molar-refractivity contribution in [1.29, 1.82) is 0 Å². The molecule has 2 aromatic carbocycles. The van der Waals surface area contributed by atoms with Gasteiger partial charge in [0.25, 0.3) is 5.69 Å². The summed E-state index contributed by atoms with van der Waals surface area (Å²) < 4.78 is 11.2. The van der Waals surface area contributed by atoms with Gasteiger partial charge >= 0.3 is 0 Å². The fourth-order valence-electron chi connectivity index (χ4n) is 2.59. The summed E-state index contributed by atoms with van der Waals surface area (Å²) in [7, 11) is 1.57. The first-order valence-electron chi connectivity index (χ1n) is 8.52. The molecule has 0 saturated heterocycles. The van der Waals surface area contributed by atoms with E-state index in [-0.39, 0.29) is 12.3 Å². The van der Waals surface area contributed by atoms with Gasteiger partial charge in [-0.1, -0.05) is 17.7 Å². The first-order chi connectivity index (χ1) is 13.6. The number of hydrogen-bond donors (Lipinski definition) is 1. The van der Waals surface area contributed by atoms with Crippen LogP contribution in [0, 0.1) is 10.1 Å². The molecule has 0 amide bonds. The SMILES string of the molecule is COc1cc(CNCc2cccs2)c(Cl)cc1OCc1ccc([N+](=O)[O-])cc1. The average Bonchev–Trinajstić information content (AvgIpc) is 3.21. The Morgan fingerprint density at radius 3 is 2.57 bits per heavy atom. The summed E-state index contributed by atoms with van der Waals surface area (Å²) in [6, 6.07) is 13.9. The van der Waals surface area contributed by atoms with Crippen molar-refractivity contribution in [2.24, 2.45) is 0 Å². The van der Waals surface area contributed by atoms with Crippen molar-refractivity contribution in [3.05, 3.63) is 85.1 Å². The lowest BCUT2D eigenvalue weighted by Crippen LogP contribution is -2.12. The zero-order valence-electron chi connectivity index (χ0n) is 15.2. The van der Waals surface area contributed by atoms with E-state index in [9.17, 15) is 10.1 Å². The molecule has 146 valence electrons. The van der Waals surface area contributed by atoms with Crippen molar-refractivity contribution in [1.82, 2.24) is 5.32 Å². The standard InChI is InChI=1S/C20H19ClN2O4S/c1-26-19-9-15(11-22-12-17-3-2-8-28-17)18(21)10-20(19)27-13-14-4-6-16(7-5-14)23(24)25/h2-10,22H,11-13H2,1H3. The van der Waals surface area contributed by atoms with Crippen molar-refractivity contribution in [2.75, 3.05) is 7.11 Å². The lowest BCUT2D eigenvalue weighted by atomic mass is 10.2. The third-order valence-electron chi connectivity index (χ3n) is 4.07. The van der Waals surface area contributed by atoms with Crippen LogP contribution in [0.5, 0.6) is 11.5 Å². The number of nitrogens with one attached hydrogen (secondary N) is 1. The molecule has 0 unspecified atom stereocenters. The lowest BCUT2D eigenvalue weighted by molar-refractivity contribution is -0.384. The topological polar surface area (TPSA) is 73.6 Å². The van der Waals surface area contributed by atoms with Gasteiger partial charge < -0.3 is 14.8 Å². The van der Waals surface area contributed by atoms with Crippen LogP contribution in [0.1, 0.15) is 16.0 Å². The van der Waals surface area contributed by atoms with Gasteiger partial charge in [0.15, 0.2) is 11.5 Å². The summed E-state index contributed by atoms with van der Waals surface area (Å²) >= 11 is 8.11. The summed E-state index contributed by atoms with van der Waals surface area (Å²) in [5, 5.41) is 16.7. The molecule has 0 radical (unpaired) electrons. The predicted molar refractivity (Wildman–Crippen MR) is 110 cm³/mol. The first-order valence-corrected chi connectivity index (χ1v) is 9.78. The van der Waals surface area contributed by atoms with Gasteiger partial charge in [0.2, 0.25) is 0 Å². The molecule has 6 nitrogen and oxygen atoms in total. The van der Waals surface area contributed by atoms with E-state index in [0.717, 1.165) is 17.7 Å². The van der Waals surface area contributed by atoms with E-state index in [2.05, 4.69) is 11.4 Å². The number of thiophene rings is 1. The van der Waals surface area contributed by atoms with Crippen LogP contribution in [0.4, 0.5) is 5.69 Å². The number of hydrogen-bond acceptors (Lipinski definition) is 6. The highest BCUT2D eigenvalue weighted by atomic mass is 35.5. The second-order valence-electron chi connectivity index (χ2n) is 5.99. The summed E-state index contributed by atoms with van der Waals surface area (Å²) in [5.41, 5.74) is 1.77. The Labute approximate surface area is 171 Å². The van der Waals surface area contributed by atoms with E-state index >= 15 is 0 Å². The van der Waals surface area contributed by atoms with Crippen LogP contribution in [0.15, 0.2) is 53.9 Å². The second kappa shape index (κ2) is 9.54. The number of nitro benzene ring substituents is 1. The number of methoxy groups -OCH3 is 1. The fourth-order valence-corrected chi connectivity index (χ4v) is 3.49. The number of nitrogens with zero attached hydrogens (tertiary/aromatic N) is 1. The summed E-state index contributed by atoms with van der Waals surface area (Å²) in [6.07, 6.45) is 0. The molecule has 0 bridgehead atoms. The molecule has 28 heavy (non-hydrogen) atoms. The normalized spacial score (nSPS) is 10.6. The molecule has 3 rings (SSSR count). The molecule has 0 fully saturated rings. The number of non-ortho nitro benzene ring substituents is 1. The van der Waals surface area contributed by atoms with Crippen molar-refractivity contribution < 1.29 is 14.4 Å². The van der Waals surface area contributed by atoms with E-state index in [1.165, 1.54) is 17.0 Å². The Hall–Kier alpha value is -2.61. The molecule has 1 heterocycles. The molecule has 0 atom stereocenters. The van der Waals surface area contributed by atoms with Crippen LogP contribution in [-0.2, 0) is 19.7 Å². The van der Waals surface area contributed by atoms with Gasteiger partial charge in [0, 0.05) is 41.2 Å². The Bertz CT molecular complexity index is 930. The third kappa shape index (κ3) is 5.22. The maximum Gasteiger partial charge on any atom is 0.269 e. The maximum atomic E-state index is 10.7. The molecule has 0 saturated carbocycles. The van der Waals surface area contributed by atoms with Gasteiger partial charge in [0.05, 0.1) is 12.0 Å². The minimum Gasteiger partial charge on any atom is -0.493 e. The molecular weight excluding hydrogens is 400 g/mol. The Balaban J connectivity index is 1.64. The number of halogens is 1. The van der Waals surface area contributed by atoms with Gasteiger partial charge in [0.1, 0.15) is 6.61 Å². The van der Waals surface area contributed by atoms with Gasteiger partial charge in [-0.3, -0.25) is 10.1 Å². The maximum absolute atomic E-state index is 10.7. The van der Waals surface area contributed by atoms with Crippen LogP contribution in [0.3, 0.4) is 0 Å². The number of benzene rings is 2. The van der Waals surface area contributed by atoms with Gasteiger partial charge in [-0.05, 0) is 40.8 Å². The van der Waals surface area contributed by atoms with Crippen LogP contribution in [-0.4, -0.2) is 12.0 Å². The smallest absolute Gasteiger partial charge is 0.269 e. The molecule has 3 aromatic rings. The quantitative estimate of drug-likeness (QED) is 0.382. The van der Waals surface area contributed by atoms with Crippen LogP contribution in [0.2, 0.25) is 5.02 Å². The number of ether oxygens (including phenoxy) is 2. The molecule has 1 N–H and O–H groups in total. The summed E-state index contributed by atoms with van der Waals surface area (Å²) in [5.74, 6) is 1.10. The second-order valence-corrected chi connectivity index (χ2v) is 7.43. The highest BCUT2D eigenvalue weighted by molar-refractivity contribution is 7.09. The third-order valence-corrected chi connectivity index (χ3v) is 5.30. The number of nitro groups is 1. The van der Waals surface area contributed by atoms with Crippen LogP contribution in [0.25, 0.3) is 0 Å². The first kappa shape index (κ1) is 20.1. The van der Waals surface area contributed by atoms with E-state index in [4.69, 9.17) is 21.1 Å². The molecule has 0 spiro atoms. The van der Waals surface area contributed by atoms with Crippen LogP contribution < -0.4 is 14.8 Å². The molecule has 8 heteroatoms. The van der Waals surface area contributed by atoms with Gasteiger partial charge in [-0.25, -0.2) is 0 Å². The van der Waals surface area contributed by atoms with Crippen LogP contribution >= 0.6 is 22.9 Å². The lowest BCUT2D eigenvalue weighted by Gasteiger charge is -2.14. The fraction of sp³-hybridized carbons (Fsp3) is 0.200. The van der Waals surface area contributed by atoms with Crippen molar-refractivity contribution in [3.8, 4) is 11.5 Å². The zero-order valence-corrected chi connectivity index (χ0v) is 16.8. The van der Waals surface area contributed by atoms with E-state index in [1.54, 1.807) is 36.6 Å². The Morgan fingerprint density at radius 1 is 1.14 bits per heavy atom. The summed E-state index contributed by atoms with van der Waals surface area (Å²) in [6.45, 7) is 1.63. The molecular formula is C20H19ClN2O4S. The number of rotatable bonds is 9. The highest BCUT2D eigenvalue weighted by Crippen LogP contribution is 2.34. The largest absolute Gasteiger partial charge is 0.493 e. The molecule has 0 aliphatic carbocycles. The Morgan fingerprint density at radius 2 is 1.93 bits per heavy atom. The van der Waals surface area contributed by atoms with Crippen molar-refractivity contribution in [2.45, 2.75) is 19.7 Å². The van der Waals surface area contributed by atoms with E-state index in [0.29, 0.717) is 23.1 Å². The average molecular weight is 419 g/mol. The molecule has 0 aliphatic heterocycles. The van der Waals surface area contributed by atoms with Crippen molar-refractivity contribution in [3.63, 3.8) is 0 Å². The monoisotopic (exact) mass is 418 g/mol. The van der Waals surface area contributed by atoms with Crippen molar-refractivity contribution >= 4 is 28.6 Å². The van der Waals surface area contributed by atoms with Gasteiger partial charge in [-0.2, -0.15) is 0 Å². The predicted octanol–water partition coefficient (Wildman–Crippen LogP) is 5.19. The highest BCUT2D eigenvalue weighted by Gasteiger charge is 2.12. The zero-order chi connectivity index (χ0) is 19.9.